The van der Waals surface area contributed by atoms with Crippen LogP contribution in [0.15, 0.2) is 24.3 Å². The van der Waals surface area contributed by atoms with E-state index in [1.807, 2.05) is 0 Å². The summed E-state index contributed by atoms with van der Waals surface area (Å²) in [5.41, 5.74) is -0.291. The molecule has 2 nitrogen and oxygen atoms in total. The van der Waals surface area contributed by atoms with E-state index in [0.29, 0.717) is 19.1 Å². The summed E-state index contributed by atoms with van der Waals surface area (Å²) >= 11 is 0. The van der Waals surface area contributed by atoms with Crippen molar-refractivity contribution >= 4 is 0 Å². The van der Waals surface area contributed by atoms with Crippen molar-refractivity contribution in [3.05, 3.63) is 35.4 Å². The van der Waals surface area contributed by atoms with Crippen LogP contribution in [0.4, 0.5) is 13.2 Å². The Labute approximate surface area is 117 Å². The molecule has 1 N–H and O–H groups in total. The smallest absolute Gasteiger partial charge is 0.380 e. The van der Waals surface area contributed by atoms with Gasteiger partial charge in [0.25, 0.3) is 0 Å². The molecule has 112 valence electrons. The maximum absolute atomic E-state index is 12.9. The highest BCUT2D eigenvalue weighted by atomic mass is 19.4. The Bertz CT molecular complexity index is 429. The molecule has 1 unspecified atom stereocenters. The highest BCUT2D eigenvalue weighted by molar-refractivity contribution is 5.31. The van der Waals surface area contributed by atoms with E-state index < -0.39 is 11.7 Å². The first-order valence-electron chi connectivity index (χ1n) is 6.95. The van der Waals surface area contributed by atoms with Crippen molar-refractivity contribution in [1.82, 2.24) is 5.32 Å². The van der Waals surface area contributed by atoms with Gasteiger partial charge in [-0.25, -0.2) is 0 Å². The van der Waals surface area contributed by atoms with E-state index >= 15 is 0 Å². The number of benzene rings is 1. The lowest BCUT2D eigenvalue weighted by atomic mass is 10.0. The van der Waals surface area contributed by atoms with Gasteiger partial charge in [-0.15, -0.1) is 0 Å². The molecule has 2 rings (SSSR count). The monoisotopic (exact) mass is 287 g/mol. The Balaban J connectivity index is 1.83. The second-order valence-electron chi connectivity index (χ2n) is 5.28. The topological polar surface area (TPSA) is 21.3 Å². The molecule has 1 fully saturated rings. The molecule has 1 aliphatic carbocycles. The van der Waals surface area contributed by atoms with Gasteiger partial charge in [-0.05, 0) is 37.3 Å². The van der Waals surface area contributed by atoms with Crippen molar-refractivity contribution in [2.24, 2.45) is 5.92 Å². The quantitative estimate of drug-likeness (QED) is 0.771. The maximum Gasteiger partial charge on any atom is 0.416 e. The van der Waals surface area contributed by atoms with Crippen molar-refractivity contribution in [3.8, 4) is 0 Å². The summed E-state index contributed by atoms with van der Waals surface area (Å²) < 4.78 is 44.1. The van der Waals surface area contributed by atoms with Crippen molar-refractivity contribution in [1.29, 1.82) is 0 Å². The number of nitrogens with one attached hydrogen (secondary N) is 1. The number of rotatable bonds is 7. The fraction of sp³-hybridized carbons (Fsp3) is 0.600. The summed E-state index contributed by atoms with van der Waals surface area (Å²) in [6.45, 7) is 3.61. The zero-order valence-electron chi connectivity index (χ0n) is 11.5. The first-order valence-corrected chi connectivity index (χ1v) is 6.95. The van der Waals surface area contributed by atoms with Crippen LogP contribution in [-0.2, 0) is 10.9 Å². The van der Waals surface area contributed by atoms with Gasteiger partial charge in [0.05, 0.1) is 12.2 Å². The predicted octanol–water partition coefficient (Wildman–Crippen LogP) is 3.78. The minimum atomic E-state index is -4.31. The molecular formula is C15H20F3NO. The van der Waals surface area contributed by atoms with Crippen LogP contribution in [0.5, 0.6) is 0 Å². The number of hydrogen-bond donors (Lipinski definition) is 1. The molecule has 0 bridgehead atoms. The second kappa shape index (κ2) is 6.59. The summed E-state index contributed by atoms with van der Waals surface area (Å²) in [6, 6.07) is 5.34. The van der Waals surface area contributed by atoms with Gasteiger partial charge in [-0.3, -0.25) is 0 Å². The van der Waals surface area contributed by atoms with E-state index in [-0.39, 0.29) is 11.6 Å². The van der Waals surface area contributed by atoms with Gasteiger partial charge in [0.1, 0.15) is 0 Å². The molecule has 1 aromatic rings. The summed E-state index contributed by atoms with van der Waals surface area (Å²) in [5.74, 6) is 0.707. The molecule has 0 heterocycles. The molecule has 1 aromatic carbocycles. The molecule has 0 radical (unpaired) electrons. The van der Waals surface area contributed by atoms with Crippen LogP contribution in [-0.4, -0.2) is 19.8 Å². The molecule has 0 spiro atoms. The zero-order valence-corrected chi connectivity index (χ0v) is 11.5. The Hall–Kier alpha value is -1.07. The lowest BCUT2D eigenvalue weighted by Crippen LogP contribution is -2.25. The summed E-state index contributed by atoms with van der Waals surface area (Å²) in [4.78, 5) is 0. The van der Waals surface area contributed by atoms with Crippen molar-refractivity contribution in [2.75, 3.05) is 19.8 Å². The standard InChI is InChI=1S/C15H20F3NO/c1-11(19-8-9-20-10-12-6-7-12)13-4-2-3-5-14(13)15(16,17)18/h2-5,11-12,19H,6-10H2,1H3. The molecule has 1 aliphatic rings. The minimum absolute atomic E-state index is 0.280. The number of halogens is 3. The van der Waals surface area contributed by atoms with Gasteiger partial charge in [-0.2, -0.15) is 13.2 Å². The second-order valence-corrected chi connectivity index (χ2v) is 5.28. The minimum Gasteiger partial charge on any atom is -0.380 e. The highest BCUT2D eigenvalue weighted by Gasteiger charge is 2.33. The van der Waals surface area contributed by atoms with Crippen molar-refractivity contribution in [2.45, 2.75) is 32.0 Å². The van der Waals surface area contributed by atoms with Crippen molar-refractivity contribution < 1.29 is 17.9 Å². The Morgan fingerprint density at radius 3 is 2.65 bits per heavy atom. The number of ether oxygens (including phenoxy) is 1. The normalized spacial score (nSPS) is 17.2. The van der Waals surface area contributed by atoms with E-state index in [1.165, 1.54) is 25.0 Å². The molecule has 5 heteroatoms. The van der Waals surface area contributed by atoms with Gasteiger partial charge in [0.15, 0.2) is 0 Å². The summed E-state index contributed by atoms with van der Waals surface area (Å²) in [6.07, 6.45) is -1.83. The SMILES string of the molecule is CC(NCCOCC1CC1)c1ccccc1C(F)(F)F. The van der Waals surface area contributed by atoms with E-state index in [0.717, 1.165) is 12.7 Å². The van der Waals surface area contributed by atoms with Crippen LogP contribution in [0.1, 0.15) is 36.9 Å². The third-order valence-corrected chi connectivity index (χ3v) is 3.48. The lowest BCUT2D eigenvalue weighted by Gasteiger charge is -2.19. The Morgan fingerprint density at radius 2 is 2.00 bits per heavy atom. The maximum atomic E-state index is 12.9. The third kappa shape index (κ3) is 4.49. The van der Waals surface area contributed by atoms with Gasteiger partial charge in [0, 0.05) is 19.2 Å². The van der Waals surface area contributed by atoms with Crippen LogP contribution in [0.3, 0.4) is 0 Å². The zero-order chi connectivity index (χ0) is 14.6. The van der Waals surface area contributed by atoms with Crippen LogP contribution in [0.25, 0.3) is 0 Å². The van der Waals surface area contributed by atoms with E-state index in [1.54, 1.807) is 13.0 Å². The fourth-order valence-electron chi connectivity index (χ4n) is 2.12. The average molecular weight is 287 g/mol. The molecule has 0 aliphatic heterocycles. The van der Waals surface area contributed by atoms with Crippen LogP contribution in [0.2, 0.25) is 0 Å². The summed E-state index contributed by atoms with van der Waals surface area (Å²) in [5, 5.41) is 3.08. The van der Waals surface area contributed by atoms with Crippen LogP contribution >= 0.6 is 0 Å². The molecule has 0 amide bonds. The summed E-state index contributed by atoms with van der Waals surface area (Å²) in [7, 11) is 0. The Kier molecular flexibility index (Phi) is 5.05. The molecule has 0 saturated heterocycles. The molecule has 1 atom stereocenters. The molecule has 1 saturated carbocycles. The first-order chi connectivity index (χ1) is 9.48. The van der Waals surface area contributed by atoms with Gasteiger partial charge in [-0.1, -0.05) is 18.2 Å². The van der Waals surface area contributed by atoms with Gasteiger partial charge >= 0.3 is 6.18 Å². The number of hydrogen-bond acceptors (Lipinski definition) is 2. The van der Waals surface area contributed by atoms with E-state index in [2.05, 4.69) is 5.32 Å². The highest BCUT2D eigenvalue weighted by Crippen LogP contribution is 2.34. The number of alkyl halides is 3. The van der Waals surface area contributed by atoms with Crippen LogP contribution in [0, 0.1) is 5.92 Å². The average Bonchev–Trinajstić information content (AvgIpc) is 3.21. The van der Waals surface area contributed by atoms with Gasteiger partial charge in [0.2, 0.25) is 0 Å². The first kappa shape index (κ1) is 15.3. The molecule has 0 aromatic heterocycles. The van der Waals surface area contributed by atoms with Crippen LogP contribution < -0.4 is 5.32 Å². The third-order valence-electron chi connectivity index (χ3n) is 3.48. The lowest BCUT2D eigenvalue weighted by molar-refractivity contribution is -0.138. The van der Waals surface area contributed by atoms with Gasteiger partial charge < -0.3 is 10.1 Å². The largest absolute Gasteiger partial charge is 0.416 e. The fourth-order valence-corrected chi connectivity index (χ4v) is 2.12. The Morgan fingerprint density at radius 1 is 1.30 bits per heavy atom. The van der Waals surface area contributed by atoms with Crippen molar-refractivity contribution in [3.63, 3.8) is 0 Å². The molecular weight excluding hydrogens is 267 g/mol. The molecule has 20 heavy (non-hydrogen) atoms. The predicted molar refractivity (Wildman–Crippen MR) is 71.4 cm³/mol. The van der Waals surface area contributed by atoms with E-state index in [9.17, 15) is 13.2 Å². The van der Waals surface area contributed by atoms with E-state index in [4.69, 9.17) is 4.74 Å².